The monoisotopic (exact) mass is 483 g/mol. The fourth-order valence-electron chi connectivity index (χ4n) is 2.40. The molecule has 0 aliphatic heterocycles. The first-order valence-electron chi connectivity index (χ1n) is 7.71. The number of ketones is 2. The molecular weight excluding hydrogens is 460 g/mol. The summed E-state index contributed by atoms with van der Waals surface area (Å²) in [6, 6.07) is 4.43. The average molecular weight is 484 g/mol. The number of nitrogens with two attached hydrogens (primary N) is 1. The van der Waals surface area contributed by atoms with Crippen LogP contribution >= 0.6 is 0 Å². The number of hydrogen-bond donors (Lipinski definition) is 1. The number of carbonyl (C=O) groups is 2. The first-order valence-corrected chi connectivity index (χ1v) is 10.7. The fourth-order valence-corrected chi connectivity index (χ4v) is 4.14. The van der Waals surface area contributed by atoms with Crippen LogP contribution in [0.4, 0.5) is 0 Å². The predicted molar refractivity (Wildman–Crippen MR) is 97.4 cm³/mol. The van der Waals surface area contributed by atoms with Crippen molar-refractivity contribution in [1.29, 1.82) is 0 Å². The smallest absolute Gasteiger partial charge is 0.747 e. The Balaban J connectivity index is -0.00000225. The average Bonchev–Trinajstić information content (AvgIpc) is 2.54. The summed E-state index contributed by atoms with van der Waals surface area (Å²) in [7, 11) is -9.75. The third kappa shape index (κ3) is 10.4. The van der Waals surface area contributed by atoms with E-state index in [4.69, 9.17) is 5.73 Å². The van der Waals surface area contributed by atoms with E-state index in [1.54, 1.807) is 6.92 Å². The first-order chi connectivity index (χ1) is 11.9. The normalized spacial score (nSPS) is 13.1. The Labute approximate surface area is 236 Å². The van der Waals surface area contributed by atoms with Gasteiger partial charge in [-0.3, -0.25) is 9.59 Å². The molecule has 0 aliphatic rings. The van der Waals surface area contributed by atoms with E-state index in [1.807, 2.05) is 0 Å². The van der Waals surface area contributed by atoms with Crippen LogP contribution in [-0.4, -0.2) is 54.6 Å². The maximum absolute atomic E-state index is 12.2. The zero-order chi connectivity index (χ0) is 20.1. The van der Waals surface area contributed by atoms with E-state index in [0.29, 0.717) is 6.42 Å². The van der Waals surface area contributed by atoms with Gasteiger partial charge in [-0.25, -0.2) is 16.8 Å². The number of carbonyl (C=O) groups excluding carboxylic acids is 2. The van der Waals surface area contributed by atoms with Crippen molar-refractivity contribution < 1.29 is 116 Å². The molecule has 29 heavy (non-hydrogen) atoms. The molecule has 0 saturated carbocycles. The molecule has 0 fully saturated rings. The number of benzene rings is 1. The van der Waals surface area contributed by atoms with Crippen LogP contribution in [0.2, 0.25) is 0 Å². The maximum Gasteiger partial charge on any atom is 1.00 e. The van der Waals surface area contributed by atoms with Crippen LogP contribution in [-0.2, 0) is 20.2 Å². The molecule has 0 saturated heterocycles. The van der Waals surface area contributed by atoms with E-state index < -0.39 is 42.3 Å². The van der Waals surface area contributed by atoms with Gasteiger partial charge in [0.1, 0.15) is 30.7 Å². The van der Waals surface area contributed by atoms with Crippen LogP contribution in [0.15, 0.2) is 24.3 Å². The molecular formula is C16H23KNNaO8S2. The van der Waals surface area contributed by atoms with E-state index in [1.165, 1.54) is 0 Å². The van der Waals surface area contributed by atoms with Crippen LogP contribution in [0.1, 0.15) is 54.3 Å². The summed E-state index contributed by atoms with van der Waals surface area (Å²) in [6.07, 6.45) is -0.187. The van der Waals surface area contributed by atoms with Crippen molar-refractivity contribution in [2.75, 3.05) is 6.54 Å². The van der Waals surface area contributed by atoms with Crippen molar-refractivity contribution in [2.45, 2.75) is 44.1 Å². The second kappa shape index (κ2) is 14.9. The molecule has 0 heterocycles. The van der Waals surface area contributed by atoms with Gasteiger partial charge in [0.15, 0.2) is 11.6 Å². The second-order valence-corrected chi connectivity index (χ2v) is 8.74. The zero-order valence-corrected chi connectivity index (χ0v) is 22.7. The quantitative estimate of drug-likeness (QED) is 0.193. The van der Waals surface area contributed by atoms with Crippen LogP contribution in [0.5, 0.6) is 0 Å². The Morgan fingerprint density at radius 1 is 0.897 bits per heavy atom. The molecule has 0 aliphatic carbocycles. The molecule has 1 aromatic carbocycles. The molecule has 0 bridgehead atoms. The van der Waals surface area contributed by atoms with Gasteiger partial charge >= 0.3 is 80.9 Å². The Hall–Kier alpha value is 0.976. The van der Waals surface area contributed by atoms with E-state index in [2.05, 4.69) is 0 Å². The largest absolute Gasteiger partial charge is 1.00 e. The van der Waals surface area contributed by atoms with Crippen molar-refractivity contribution in [2.24, 2.45) is 5.73 Å². The Bertz CT molecular complexity index is 800. The van der Waals surface area contributed by atoms with Crippen LogP contribution < -0.4 is 86.7 Å². The van der Waals surface area contributed by atoms with Crippen LogP contribution in [0.25, 0.3) is 0 Å². The summed E-state index contributed by atoms with van der Waals surface area (Å²) in [6.45, 7) is 1.43. The minimum atomic E-state index is -4.91. The number of hydrogen-bond acceptors (Lipinski definition) is 9. The fraction of sp³-hybridized carbons (Fsp3) is 0.500. The van der Waals surface area contributed by atoms with Crippen molar-refractivity contribution in [3.8, 4) is 0 Å². The van der Waals surface area contributed by atoms with E-state index in [-0.39, 0.29) is 119 Å². The third-order valence-electron chi connectivity index (χ3n) is 3.72. The number of rotatable bonds is 10. The molecule has 0 aromatic heterocycles. The maximum atomic E-state index is 12.2. The summed E-state index contributed by atoms with van der Waals surface area (Å²) < 4.78 is 67.3. The predicted octanol–water partition coefficient (Wildman–Crippen LogP) is -5.33. The number of Topliss-reactive ketones (excluding diaryl/α,β-unsaturated/α-hetero) is 2. The Kier molecular flexibility index (Phi) is 17.8. The first kappa shape index (κ1) is 34.6. The van der Waals surface area contributed by atoms with Gasteiger partial charge in [0, 0.05) is 11.1 Å². The molecule has 2 atom stereocenters. The van der Waals surface area contributed by atoms with Crippen molar-refractivity contribution >= 4 is 31.8 Å². The summed E-state index contributed by atoms with van der Waals surface area (Å²) in [4.78, 5) is 24.4. The van der Waals surface area contributed by atoms with Gasteiger partial charge in [0.25, 0.3) is 0 Å². The van der Waals surface area contributed by atoms with Crippen molar-refractivity contribution in [1.82, 2.24) is 0 Å². The van der Waals surface area contributed by atoms with Gasteiger partial charge in [-0.2, -0.15) is 0 Å². The van der Waals surface area contributed by atoms with E-state index in [0.717, 1.165) is 24.3 Å². The van der Waals surface area contributed by atoms with Gasteiger partial charge in [0.05, 0.1) is 0 Å². The second-order valence-electron chi connectivity index (χ2n) is 5.63. The topological polar surface area (TPSA) is 175 Å². The molecule has 1 aromatic rings. The summed E-state index contributed by atoms with van der Waals surface area (Å²) >= 11 is 0. The Morgan fingerprint density at radius 3 is 1.45 bits per heavy atom. The molecule has 0 radical (unpaired) electrons. The molecule has 9 nitrogen and oxygen atoms in total. The standard InChI is InChI=1S/C15H21NO8S2.CH4.K.Na/c1-2-3-12(25(19,20)21)14(17)10-4-6-11(7-5-10)15(18)13(8-9-16)26(22,23)24;;;/h4-7,12-13H,2-3,8-9,16H2,1H3,(H,19,20,21)(H,22,23,24);1H4;;/q;;2*+1/p-2. The van der Waals surface area contributed by atoms with Crippen LogP contribution in [0, 0.1) is 0 Å². The van der Waals surface area contributed by atoms with E-state index in [9.17, 15) is 35.5 Å². The van der Waals surface area contributed by atoms with E-state index >= 15 is 0 Å². The summed E-state index contributed by atoms with van der Waals surface area (Å²) in [5.74, 6) is -1.87. The molecule has 0 amide bonds. The Morgan fingerprint density at radius 2 is 1.21 bits per heavy atom. The zero-order valence-electron chi connectivity index (χ0n) is 16.0. The summed E-state index contributed by atoms with van der Waals surface area (Å²) in [5.41, 5.74) is 4.97. The van der Waals surface area contributed by atoms with Gasteiger partial charge in [-0.05, 0) is 19.4 Å². The van der Waals surface area contributed by atoms with Gasteiger partial charge < -0.3 is 14.8 Å². The molecule has 0 spiro atoms. The van der Waals surface area contributed by atoms with Gasteiger partial charge in [-0.15, -0.1) is 0 Å². The minimum Gasteiger partial charge on any atom is -0.747 e. The molecule has 154 valence electrons. The van der Waals surface area contributed by atoms with Crippen LogP contribution in [0.3, 0.4) is 0 Å². The van der Waals surface area contributed by atoms with Gasteiger partial charge in [0.2, 0.25) is 0 Å². The summed E-state index contributed by atoms with van der Waals surface area (Å²) in [5, 5.41) is -3.58. The SMILES string of the molecule is C.CCCC(C(=O)c1ccc(C(=O)C(CCN)S(=O)(=O)[O-])cc1)S(=O)(=O)[O-].[K+].[Na+]. The third-order valence-corrected chi connectivity index (χ3v) is 6.01. The van der Waals surface area contributed by atoms with Gasteiger partial charge in [-0.1, -0.05) is 45.0 Å². The minimum absolute atomic E-state index is 0. The molecule has 13 heteroatoms. The van der Waals surface area contributed by atoms with Crippen molar-refractivity contribution in [3.05, 3.63) is 35.4 Å². The van der Waals surface area contributed by atoms with Crippen molar-refractivity contribution in [3.63, 3.8) is 0 Å². The molecule has 2 N–H and O–H groups in total. The molecule has 1 rings (SSSR count). The molecule has 2 unspecified atom stereocenters.